The van der Waals surface area contributed by atoms with E-state index in [0.717, 1.165) is 24.9 Å². The van der Waals surface area contributed by atoms with Crippen LogP contribution in [0.4, 0.5) is 0 Å². The zero-order valence-corrected chi connectivity index (χ0v) is 15.2. The van der Waals surface area contributed by atoms with E-state index in [1.807, 2.05) is 14.2 Å². The summed E-state index contributed by atoms with van der Waals surface area (Å²) in [6, 6.07) is 3.28. The van der Waals surface area contributed by atoms with Crippen LogP contribution in [0.3, 0.4) is 0 Å². The third-order valence-electron chi connectivity index (χ3n) is 4.39. The van der Waals surface area contributed by atoms with Crippen molar-refractivity contribution >= 4 is 8.56 Å². The first-order valence-electron chi connectivity index (χ1n) is 7.21. The molecule has 5 heteroatoms. The molecule has 2 atom stereocenters. The summed E-state index contributed by atoms with van der Waals surface area (Å²) in [6.07, 6.45) is 2.27. The van der Waals surface area contributed by atoms with E-state index in [1.165, 1.54) is 0 Å². The first-order valence-corrected chi connectivity index (χ1v) is 9.44. The molecule has 0 aliphatic rings. The number of nitrogens with zero attached hydrogens (tertiary/aromatic N) is 2. The monoisotopic (exact) mass is 290 g/mol. The average molecular weight is 291 g/mol. The molecule has 0 N–H and O–H groups in total. The Labute approximate surface area is 121 Å². The SMILES string of the molecule is CO[Si](CCC(C)N(C)C)(CCC(C)N(C)C)OC. The van der Waals surface area contributed by atoms with Gasteiger partial charge in [-0.25, -0.2) is 0 Å². The fourth-order valence-corrected chi connectivity index (χ4v) is 4.94. The Hall–Kier alpha value is 0.0569. The predicted molar refractivity (Wildman–Crippen MR) is 84.9 cm³/mol. The molecule has 0 aliphatic heterocycles. The molecule has 4 nitrogen and oxygen atoms in total. The fraction of sp³-hybridized carbons (Fsp3) is 1.00. The van der Waals surface area contributed by atoms with Crippen LogP contribution in [-0.4, -0.2) is 72.9 Å². The van der Waals surface area contributed by atoms with Crippen LogP contribution in [-0.2, 0) is 8.85 Å². The van der Waals surface area contributed by atoms with Gasteiger partial charge in [0.25, 0.3) is 0 Å². The Bertz CT molecular complexity index is 213. The Balaban J connectivity index is 4.41. The van der Waals surface area contributed by atoms with Crippen molar-refractivity contribution in [3.63, 3.8) is 0 Å². The third-order valence-corrected chi connectivity index (χ3v) is 7.98. The van der Waals surface area contributed by atoms with Crippen molar-refractivity contribution in [2.45, 2.75) is 50.9 Å². The average Bonchev–Trinajstić information content (AvgIpc) is 2.38. The van der Waals surface area contributed by atoms with Crippen molar-refractivity contribution in [3.05, 3.63) is 0 Å². The van der Waals surface area contributed by atoms with Gasteiger partial charge in [-0.3, -0.25) is 0 Å². The van der Waals surface area contributed by atoms with Gasteiger partial charge >= 0.3 is 8.56 Å². The highest BCUT2D eigenvalue weighted by Crippen LogP contribution is 2.24. The van der Waals surface area contributed by atoms with E-state index < -0.39 is 8.56 Å². The lowest BCUT2D eigenvalue weighted by atomic mass is 10.2. The molecule has 0 saturated carbocycles. The highest BCUT2D eigenvalue weighted by Gasteiger charge is 2.35. The Kier molecular flexibility index (Phi) is 9.10. The Morgan fingerprint density at radius 3 is 1.32 bits per heavy atom. The van der Waals surface area contributed by atoms with Gasteiger partial charge in [0.1, 0.15) is 0 Å². The van der Waals surface area contributed by atoms with Crippen LogP contribution < -0.4 is 0 Å². The molecular weight excluding hydrogens is 256 g/mol. The second kappa shape index (κ2) is 9.08. The van der Waals surface area contributed by atoms with Crippen LogP contribution in [0.1, 0.15) is 26.7 Å². The van der Waals surface area contributed by atoms with E-state index in [2.05, 4.69) is 51.8 Å². The van der Waals surface area contributed by atoms with Gasteiger partial charge < -0.3 is 18.7 Å². The summed E-state index contributed by atoms with van der Waals surface area (Å²) in [6.45, 7) is 4.51. The Morgan fingerprint density at radius 1 is 0.789 bits per heavy atom. The zero-order chi connectivity index (χ0) is 15.1. The highest BCUT2D eigenvalue weighted by atomic mass is 28.4. The molecule has 0 aromatic heterocycles. The van der Waals surface area contributed by atoms with Crippen LogP contribution in [0, 0.1) is 0 Å². The van der Waals surface area contributed by atoms with E-state index >= 15 is 0 Å². The molecule has 0 aromatic rings. The van der Waals surface area contributed by atoms with Gasteiger partial charge in [-0.05, 0) is 67.0 Å². The third kappa shape index (κ3) is 6.86. The van der Waals surface area contributed by atoms with E-state index in [1.54, 1.807) is 0 Å². The maximum Gasteiger partial charge on any atom is 0.337 e. The normalized spacial score (nSPS) is 16.1. The molecule has 116 valence electrons. The van der Waals surface area contributed by atoms with Crippen LogP contribution >= 0.6 is 0 Å². The van der Waals surface area contributed by atoms with Crippen LogP contribution in [0.5, 0.6) is 0 Å². The minimum absolute atomic E-state index is 0.573. The van der Waals surface area contributed by atoms with Gasteiger partial charge in [-0.15, -0.1) is 0 Å². The molecule has 0 aliphatic carbocycles. The van der Waals surface area contributed by atoms with Crippen molar-refractivity contribution < 1.29 is 8.85 Å². The topological polar surface area (TPSA) is 24.9 Å². The lowest BCUT2D eigenvalue weighted by Crippen LogP contribution is -2.42. The molecule has 2 unspecified atom stereocenters. The molecule has 0 heterocycles. The van der Waals surface area contributed by atoms with Crippen molar-refractivity contribution in [1.82, 2.24) is 9.80 Å². The van der Waals surface area contributed by atoms with Gasteiger partial charge in [-0.1, -0.05) is 0 Å². The summed E-state index contributed by atoms with van der Waals surface area (Å²) < 4.78 is 11.7. The van der Waals surface area contributed by atoms with Crippen molar-refractivity contribution in [3.8, 4) is 0 Å². The first kappa shape index (κ1) is 19.1. The van der Waals surface area contributed by atoms with Gasteiger partial charge in [0, 0.05) is 26.3 Å². The summed E-state index contributed by atoms with van der Waals surface area (Å²) in [4.78, 5) is 4.51. The quantitative estimate of drug-likeness (QED) is 0.577. The fourth-order valence-electron chi connectivity index (χ4n) is 1.99. The summed E-state index contributed by atoms with van der Waals surface area (Å²) in [5.41, 5.74) is 0. The van der Waals surface area contributed by atoms with Crippen molar-refractivity contribution in [1.29, 1.82) is 0 Å². The zero-order valence-electron chi connectivity index (χ0n) is 14.2. The van der Waals surface area contributed by atoms with E-state index in [0.29, 0.717) is 12.1 Å². The largest absolute Gasteiger partial charge is 0.398 e. The minimum Gasteiger partial charge on any atom is -0.398 e. The number of hydrogen-bond donors (Lipinski definition) is 0. The molecule has 0 bridgehead atoms. The summed E-state index contributed by atoms with van der Waals surface area (Å²) in [7, 11) is 10.1. The van der Waals surface area contributed by atoms with E-state index in [9.17, 15) is 0 Å². The standard InChI is InChI=1S/C14H34N2O2Si/c1-13(15(3)4)9-11-19(17-7,18-8)12-10-14(2)16(5)6/h13-14H,9-12H2,1-8H3. The van der Waals surface area contributed by atoms with E-state index in [4.69, 9.17) is 8.85 Å². The molecule has 0 radical (unpaired) electrons. The number of rotatable bonds is 10. The maximum absolute atomic E-state index is 5.83. The summed E-state index contributed by atoms with van der Waals surface area (Å²) in [5.74, 6) is 0. The van der Waals surface area contributed by atoms with Crippen molar-refractivity contribution in [2.75, 3.05) is 42.4 Å². The molecule has 0 amide bonds. The smallest absolute Gasteiger partial charge is 0.337 e. The minimum atomic E-state index is -2.01. The second-order valence-electron chi connectivity index (χ2n) is 6.02. The molecule has 0 rings (SSSR count). The number of hydrogen-bond acceptors (Lipinski definition) is 4. The van der Waals surface area contributed by atoms with Gasteiger partial charge in [0.05, 0.1) is 0 Å². The molecular formula is C14H34N2O2Si. The molecule has 0 saturated heterocycles. The molecule has 0 aromatic carbocycles. The predicted octanol–water partition coefficient (Wildman–Crippen LogP) is 2.40. The highest BCUT2D eigenvalue weighted by molar-refractivity contribution is 6.67. The second-order valence-corrected chi connectivity index (χ2v) is 9.66. The lowest BCUT2D eigenvalue weighted by molar-refractivity contribution is 0.222. The van der Waals surface area contributed by atoms with Crippen LogP contribution in [0.2, 0.25) is 12.1 Å². The lowest BCUT2D eigenvalue weighted by Gasteiger charge is -2.31. The molecule has 19 heavy (non-hydrogen) atoms. The summed E-state index contributed by atoms with van der Waals surface area (Å²) >= 11 is 0. The van der Waals surface area contributed by atoms with Gasteiger partial charge in [-0.2, -0.15) is 0 Å². The van der Waals surface area contributed by atoms with Gasteiger partial charge in [0.15, 0.2) is 0 Å². The molecule has 0 fully saturated rings. The molecule has 0 spiro atoms. The van der Waals surface area contributed by atoms with Crippen LogP contribution in [0.15, 0.2) is 0 Å². The Morgan fingerprint density at radius 2 is 1.11 bits per heavy atom. The van der Waals surface area contributed by atoms with Gasteiger partial charge in [0.2, 0.25) is 0 Å². The van der Waals surface area contributed by atoms with Crippen LogP contribution in [0.25, 0.3) is 0 Å². The van der Waals surface area contributed by atoms with Crippen molar-refractivity contribution in [2.24, 2.45) is 0 Å². The first-order chi connectivity index (χ1) is 8.78. The summed E-state index contributed by atoms with van der Waals surface area (Å²) in [5, 5.41) is 0. The van der Waals surface area contributed by atoms with E-state index in [-0.39, 0.29) is 0 Å². The maximum atomic E-state index is 5.83.